The summed E-state index contributed by atoms with van der Waals surface area (Å²) in [5.41, 5.74) is 0.656. The SMILES string of the molecule is O=C(Cc1ccc(S(=O)(=O)N2CCCCC2)s1)Nc1ccc(Oc2ccccc2)cc1. The molecule has 3 aromatic rings. The lowest BCUT2D eigenvalue weighted by Gasteiger charge is -2.25. The fourth-order valence-electron chi connectivity index (χ4n) is 3.42. The Morgan fingerprint density at radius 2 is 1.58 bits per heavy atom. The van der Waals surface area contributed by atoms with Crippen molar-refractivity contribution in [2.75, 3.05) is 18.4 Å². The van der Waals surface area contributed by atoms with Crippen LogP contribution in [-0.2, 0) is 21.2 Å². The average molecular weight is 457 g/mol. The highest BCUT2D eigenvalue weighted by atomic mass is 32.2. The maximum Gasteiger partial charge on any atom is 0.252 e. The summed E-state index contributed by atoms with van der Waals surface area (Å²) in [6, 6.07) is 19.9. The third kappa shape index (κ3) is 5.52. The molecule has 0 atom stereocenters. The molecule has 0 radical (unpaired) electrons. The van der Waals surface area contributed by atoms with Crippen LogP contribution < -0.4 is 10.1 Å². The van der Waals surface area contributed by atoms with Gasteiger partial charge in [0.2, 0.25) is 5.91 Å². The molecule has 31 heavy (non-hydrogen) atoms. The van der Waals surface area contributed by atoms with Gasteiger partial charge in [0.05, 0.1) is 6.42 Å². The van der Waals surface area contributed by atoms with Crippen LogP contribution in [0.5, 0.6) is 11.5 Å². The highest BCUT2D eigenvalue weighted by molar-refractivity contribution is 7.91. The molecule has 0 saturated carbocycles. The predicted octanol–water partition coefficient (Wildman–Crippen LogP) is 4.90. The van der Waals surface area contributed by atoms with E-state index in [-0.39, 0.29) is 12.3 Å². The molecule has 1 aliphatic heterocycles. The second-order valence-electron chi connectivity index (χ2n) is 7.35. The third-order valence-electron chi connectivity index (χ3n) is 5.00. The van der Waals surface area contributed by atoms with Gasteiger partial charge in [0, 0.05) is 23.7 Å². The Labute approximate surface area is 186 Å². The number of hydrogen-bond donors (Lipinski definition) is 1. The highest BCUT2D eigenvalue weighted by Crippen LogP contribution is 2.28. The number of anilines is 1. The van der Waals surface area contributed by atoms with Crippen LogP contribution in [0, 0.1) is 0 Å². The number of nitrogens with one attached hydrogen (secondary N) is 1. The topological polar surface area (TPSA) is 75.7 Å². The van der Waals surface area contributed by atoms with Crippen LogP contribution in [0.3, 0.4) is 0 Å². The van der Waals surface area contributed by atoms with E-state index in [1.54, 1.807) is 40.7 Å². The van der Waals surface area contributed by atoms with Crippen molar-refractivity contribution in [3.8, 4) is 11.5 Å². The summed E-state index contributed by atoms with van der Waals surface area (Å²) in [4.78, 5) is 13.1. The molecule has 2 aromatic carbocycles. The second kappa shape index (κ2) is 9.64. The van der Waals surface area contributed by atoms with Crippen LogP contribution in [0.4, 0.5) is 5.69 Å². The fourth-order valence-corrected chi connectivity index (χ4v) is 6.44. The minimum Gasteiger partial charge on any atom is -0.457 e. The van der Waals surface area contributed by atoms with E-state index in [0.29, 0.717) is 28.7 Å². The van der Waals surface area contributed by atoms with Gasteiger partial charge in [0.15, 0.2) is 0 Å². The number of carbonyl (C=O) groups is 1. The minimum atomic E-state index is -3.46. The van der Waals surface area contributed by atoms with E-state index in [1.165, 1.54) is 11.3 Å². The molecular formula is C23H24N2O4S2. The average Bonchev–Trinajstić information content (AvgIpc) is 3.26. The van der Waals surface area contributed by atoms with E-state index in [1.807, 2.05) is 30.3 Å². The summed E-state index contributed by atoms with van der Waals surface area (Å²) in [6.07, 6.45) is 2.99. The summed E-state index contributed by atoms with van der Waals surface area (Å²) in [5.74, 6) is 1.22. The number of nitrogens with zero attached hydrogens (tertiary/aromatic N) is 1. The standard InChI is InChI=1S/C23H24N2O4S2/c26-22(24-18-9-11-20(12-10-18)29-19-7-3-1-4-8-19)17-21-13-14-23(30-21)31(27,28)25-15-5-2-6-16-25/h1,3-4,7-14H,2,5-6,15-17H2,(H,24,26). The molecule has 1 fully saturated rings. The molecule has 1 saturated heterocycles. The zero-order chi connectivity index (χ0) is 21.7. The van der Waals surface area contributed by atoms with Gasteiger partial charge in [-0.3, -0.25) is 4.79 Å². The number of benzene rings is 2. The summed E-state index contributed by atoms with van der Waals surface area (Å²) in [6.45, 7) is 1.14. The molecule has 2 heterocycles. The molecule has 1 amide bonds. The van der Waals surface area contributed by atoms with E-state index in [0.717, 1.165) is 29.9 Å². The Morgan fingerprint density at radius 3 is 2.29 bits per heavy atom. The largest absolute Gasteiger partial charge is 0.457 e. The quantitative estimate of drug-likeness (QED) is 0.549. The van der Waals surface area contributed by atoms with E-state index in [4.69, 9.17) is 4.74 Å². The lowest BCUT2D eigenvalue weighted by Crippen LogP contribution is -2.35. The first-order valence-corrected chi connectivity index (χ1v) is 12.5. The normalized spacial score (nSPS) is 14.8. The van der Waals surface area contributed by atoms with Gasteiger partial charge in [0.25, 0.3) is 10.0 Å². The van der Waals surface area contributed by atoms with Crippen LogP contribution in [0.25, 0.3) is 0 Å². The number of para-hydroxylation sites is 1. The van der Waals surface area contributed by atoms with Gasteiger partial charge in [-0.25, -0.2) is 8.42 Å². The summed E-state index contributed by atoms with van der Waals surface area (Å²) in [7, 11) is -3.46. The Balaban J connectivity index is 1.34. The molecule has 0 unspecified atom stereocenters. The Kier molecular flexibility index (Phi) is 6.70. The number of sulfonamides is 1. The van der Waals surface area contributed by atoms with E-state index in [9.17, 15) is 13.2 Å². The van der Waals surface area contributed by atoms with Crippen LogP contribution in [0.2, 0.25) is 0 Å². The number of thiophene rings is 1. The lowest BCUT2D eigenvalue weighted by atomic mass is 10.2. The first-order valence-electron chi connectivity index (χ1n) is 10.2. The van der Waals surface area contributed by atoms with Gasteiger partial charge in [-0.15, -0.1) is 11.3 Å². The highest BCUT2D eigenvalue weighted by Gasteiger charge is 2.27. The number of carbonyl (C=O) groups excluding carboxylic acids is 1. The predicted molar refractivity (Wildman–Crippen MR) is 122 cm³/mol. The molecular weight excluding hydrogens is 432 g/mol. The molecule has 1 aromatic heterocycles. The van der Waals surface area contributed by atoms with Gasteiger partial charge in [-0.2, -0.15) is 4.31 Å². The van der Waals surface area contributed by atoms with Gasteiger partial charge < -0.3 is 10.1 Å². The van der Waals surface area contributed by atoms with Crippen LogP contribution in [-0.4, -0.2) is 31.7 Å². The third-order valence-corrected chi connectivity index (χ3v) is 8.45. The maximum absolute atomic E-state index is 12.8. The zero-order valence-electron chi connectivity index (χ0n) is 17.0. The van der Waals surface area contributed by atoms with Crippen molar-refractivity contribution in [3.63, 3.8) is 0 Å². The Morgan fingerprint density at radius 1 is 0.903 bits per heavy atom. The van der Waals surface area contributed by atoms with Crippen molar-refractivity contribution in [1.29, 1.82) is 0 Å². The molecule has 0 aliphatic carbocycles. The molecule has 6 nitrogen and oxygen atoms in total. The van der Waals surface area contributed by atoms with E-state index in [2.05, 4.69) is 5.32 Å². The first-order chi connectivity index (χ1) is 15.0. The van der Waals surface area contributed by atoms with Crippen molar-refractivity contribution in [3.05, 3.63) is 71.6 Å². The summed E-state index contributed by atoms with van der Waals surface area (Å²) < 4.78 is 33.1. The van der Waals surface area contributed by atoms with Crippen molar-refractivity contribution >= 4 is 33.0 Å². The number of amides is 1. The molecule has 162 valence electrons. The van der Waals surface area contributed by atoms with Crippen molar-refractivity contribution in [1.82, 2.24) is 4.31 Å². The monoisotopic (exact) mass is 456 g/mol. The number of hydrogen-bond acceptors (Lipinski definition) is 5. The number of ether oxygens (including phenoxy) is 1. The Bertz CT molecular complexity index is 1120. The van der Waals surface area contributed by atoms with Gasteiger partial charge in [-0.05, 0) is 61.4 Å². The van der Waals surface area contributed by atoms with Crippen LogP contribution >= 0.6 is 11.3 Å². The van der Waals surface area contributed by atoms with Gasteiger partial charge >= 0.3 is 0 Å². The maximum atomic E-state index is 12.8. The number of rotatable bonds is 7. The van der Waals surface area contributed by atoms with E-state index >= 15 is 0 Å². The van der Waals surface area contributed by atoms with Gasteiger partial charge in [0.1, 0.15) is 15.7 Å². The van der Waals surface area contributed by atoms with Crippen molar-refractivity contribution in [2.24, 2.45) is 0 Å². The molecule has 1 aliphatic rings. The first kappa shape index (κ1) is 21.5. The van der Waals surface area contributed by atoms with E-state index < -0.39 is 10.0 Å². The lowest BCUT2D eigenvalue weighted by molar-refractivity contribution is -0.115. The summed E-state index contributed by atoms with van der Waals surface area (Å²) >= 11 is 1.17. The zero-order valence-corrected chi connectivity index (χ0v) is 18.6. The molecule has 1 N–H and O–H groups in total. The van der Waals surface area contributed by atoms with Gasteiger partial charge in [-0.1, -0.05) is 24.6 Å². The second-order valence-corrected chi connectivity index (χ2v) is 10.7. The number of piperidine rings is 1. The molecule has 0 bridgehead atoms. The molecule has 4 rings (SSSR count). The molecule has 8 heteroatoms. The van der Waals surface area contributed by atoms with Crippen molar-refractivity contribution < 1.29 is 17.9 Å². The molecule has 0 spiro atoms. The fraction of sp³-hybridized carbons (Fsp3) is 0.261. The minimum absolute atomic E-state index is 0.127. The van der Waals surface area contributed by atoms with Crippen LogP contribution in [0.1, 0.15) is 24.1 Å². The van der Waals surface area contributed by atoms with Crippen molar-refractivity contribution in [2.45, 2.75) is 29.9 Å². The Hall–Kier alpha value is -2.68. The smallest absolute Gasteiger partial charge is 0.252 e. The summed E-state index contributed by atoms with van der Waals surface area (Å²) in [5, 5.41) is 2.85. The van der Waals surface area contributed by atoms with Crippen LogP contribution in [0.15, 0.2) is 70.9 Å².